The zero-order chi connectivity index (χ0) is 16.0. The maximum Gasteiger partial charge on any atom is 0.275 e. The zero-order valence-electron chi connectivity index (χ0n) is 12.0. The first kappa shape index (κ1) is 14.2. The largest absolute Gasteiger partial charge is 0.370 e. The molecule has 0 unspecified atom stereocenters. The van der Waals surface area contributed by atoms with Crippen molar-refractivity contribution in [3.05, 3.63) is 41.5 Å². The van der Waals surface area contributed by atoms with E-state index in [9.17, 15) is 13.6 Å². The molecule has 23 heavy (non-hydrogen) atoms. The van der Waals surface area contributed by atoms with Gasteiger partial charge in [-0.15, -0.1) is 5.10 Å². The molecule has 2 atom stereocenters. The van der Waals surface area contributed by atoms with Gasteiger partial charge in [0.25, 0.3) is 5.91 Å². The average Bonchev–Trinajstić information content (AvgIpc) is 3.03. The van der Waals surface area contributed by atoms with Gasteiger partial charge in [-0.25, -0.2) is 18.4 Å². The quantitative estimate of drug-likeness (QED) is 0.781. The molecule has 2 aromatic rings. The van der Waals surface area contributed by atoms with E-state index in [2.05, 4.69) is 15.3 Å². The molecule has 0 saturated carbocycles. The third-order valence-electron chi connectivity index (χ3n) is 4.23. The first-order valence-electron chi connectivity index (χ1n) is 7.24. The van der Waals surface area contributed by atoms with Crippen molar-refractivity contribution in [2.45, 2.75) is 25.2 Å². The van der Waals surface area contributed by atoms with Crippen LogP contribution in [0.2, 0.25) is 0 Å². The van der Waals surface area contributed by atoms with E-state index >= 15 is 0 Å². The second kappa shape index (κ2) is 5.34. The minimum absolute atomic E-state index is 0.0562. The first-order chi connectivity index (χ1) is 11.1. The number of pyridine rings is 1. The molecule has 7 nitrogen and oxygen atoms in total. The fraction of sp³-hybridized carbons (Fsp3) is 0.429. The van der Waals surface area contributed by atoms with Crippen LogP contribution in [0.3, 0.4) is 0 Å². The van der Waals surface area contributed by atoms with Gasteiger partial charge in [-0.2, -0.15) is 0 Å². The third kappa shape index (κ3) is 2.37. The summed E-state index contributed by atoms with van der Waals surface area (Å²) in [5, 5.41) is 7.91. The molecular weight excluding hydrogens is 308 g/mol. The topological polar surface area (TPSA) is 73.1 Å². The molecule has 4 heterocycles. The van der Waals surface area contributed by atoms with Crippen molar-refractivity contribution in [1.82, 2.24) is 24.9 Å². The molecule has 4 rings (SSSR count). The molecule has 120 valence electrons. The fourth-order valence-electron chi connectivity index (χ4n) is 3.09. The molecule has 0 radical (unpaired) electrons. The van der Waals surface area contributed by atoms with Crippen LogP contribution in [0.5, 0.6) is 0 Å². The number of nitrogens with zero attached hydrogens (tertiary/aromatic N) is 5. The van der Waals surface area contributed by atoms with Crippen molar-refractivity contribution in [3.63, 3.8) is 0 Å². The van der Waals surface area contributed by atoms with Crippen LogP contribution in [0.4, 0.5) is 8.78 Å². The van der Waals surface area contributed by atoms with Gasteiger partial charge < -0.3 is 9.64 Å². The highest BCUT2D eigenvalue weighted by molar-refractivity contribution is 5.92. The molecule has 0 N–H and O–H groups in total. The smallest absolute Gasteiger partial charge is 0.275 e. The van der Waals surface area contributed by atoms with Gasteiger partial charge in [-0.05, 0) is 6.42 Å². The summed E-state index contributed by atoms with van der Waals surface area (Å²) >= 11 is 0. The lowest BCUT2D eigenvalue weighted by molar-refractivity contribution is -0.0606. The lowest BCUT2D eigenvalue weighted by atomic mass is 10.00. The highest BCUT2D eigenvalue weighted by Gasteiger charge is 2.38. The Morgan fingerprint density at radius 1 is 1.35 bits per heavy atom. The number of aromatic nitrogens is 4. The van der Waals surface area contributed by atoms with Crippen LogP contribution in [0, 0.1) is 11.6 Å². The second-order valence-electron chi connectivity index (χ2n) is 5.61. The van der Waals surface area contributed by atoms with Crippen LogP contribution in [-0.4, -0.2) is 50.0 Å². The predicted molar refractivity (Wildman–Crippen MR) is 72.3 cm³/mol. The van der Waals surface area contributed by atoms with E-state index < -0.39 is 17.5 Å². The standard InChI is InChI=1S/C14H13F2N5O2/c15-8-3-10(16)13(17-4-8)14(22)20-2-1-12-11(6-20)21-9(7-23-12)5-18-19-21/h3-5,11-12H,1-2,6-7H2/t11-,12+/m0/s1. The SMILES string of the molecule is O=C(c1ncc(F)cc1F)N1CC[C@H]2OCc3cnnn3[C@H]2C1. The van der Waals surface area contributed by atoms with Gasteiger partial charge in [-0.1, -0.05) is 5.21 Å². The first-order valence-corrected chi connectivity index (χ1v) is 7.24. The molecule has 1 fully saturated rings. The minimum Gasteiger partial charge on any atom is -0.370 e. The molecule has 2 aliphatic rings. The van der Waals surface area contributed by atoms with Crippen molar-refractivity contribution in [3.8, 4) is 0 Å². The maximum atomic E-state index is 13.8. The van der Waals surface area contributed by atoms with E-state index in [1.54, 1.807) is 10.9 Å². The van der Waals surface area contributed by atoms with E-state index in [1.807, 2.05) is 0 Å². The molecular formula is C14H13F2N5O2. The van der Waals surface area contributed by atoms with Crippen molar-refractivity contribution < 1.29 is 18.3 Å². The Bertz CT molecular complexity index is 765. The Morgan fingerprint density at radius 2 is 2.22 bits per heavy atom. The van der Waals surface area contributed by atoms with E-state index in [0.717, 1.165) is 11.9 Å². The Labute approximate surface area is 129 Å². The van der Waals surface area contributed by atoms with Gasteiger partial charge in [0, 0.05) is 19.2 Å². The van der Waals surface area contributed by atoms with Crippen LogP contribution in [-0.2, 0) is 11.3 Å². The van der Waals surface area contributed by atoms with Gasteiger partial charge in [-0.3, -0.25) is 4.79 Å². The van der Waals surface area contributed by atoms with Crippen LogP contribution in [0.1, 0.15) is 28.6 Å². The molecule has 1 saturated heterocycles. The number of halogens is 2. The lowest BCUT2D eigenvalue weighted by Crippen LogP contribution is -2.50. The number of hydrogen-bond donors (Lipinski definition) is 0. The van der Waals surface area contributed by atoms with Gasteiger partial charge in [0.15, 0.2) is 11.5 Å². The summed E-state index contributed by atoms with van der Waals surface area (Å²) in [7, 11) is 0. The summed E-state index contributed by atoms with van der Waals surface area (Å²) in [6.07, 6.45) is 3.01. The van der Waals surface area contributed by atoms with Gasteiger partial charge in [0.1, 0.15) is 5.82 Å². The second-order valence-corrected chi connectivity index (χ2v) is 5.61. The molecule has 1 amide bonds. The highest BCUT2D eigenvalue weighted by atomic mass is 19.1. The third-order valence-corrected chi connectivity index (χ3v) is 4.23. The monoisotopic (exact) mass is 321 g/mol. The van der Waals surface area contributed by atoms with E-state index in [1.165, 1.54) is 4.90 Å². The predicted octanol–water partition coefficient (Wildman–Crippen LogP) is 0.937. The van der Waals surface area contributed by atoms with E-state index in [0.29, 0.717) is 32.2 Å². The van der Waals surface area contributed by atoms with E-state index in [4.69, 9.17) is 4.74 Å². The number of carbonyl (C=O) groups excluding carboxylic acids is 1. The zero-order valence-corrected chi connectivity index (χ0v) is 12.0. The Morgan fingerprint density at radius 3 is 3.04 bits per heavy atom. The Balaban J connectivity index is 1.59. The Hall–Kier alpha value is -2.42. The van der Waals surface area contributed by atoms with Gasteiger partial charge in [0.2, 0.25) is 0 Å². The van der Waals surface area contributed by atoms with E-state index in [-0.39, 0.29) is 17.8 Å². The Kier molecular flexibility index (Phi) is 3.29. The van der Waals surface area contributed by atoms with Crippen LogP contribution >= 0.6 is 0 Å². The number of hydrogen-bond acceptors (Lipinski definition) is 5. The molecule has 0 spiro atoms. The summed E-state index contributed by atoms with van der Waals surface area (Å²) in [6.45, 7) is 1.18. The number of carbonyl (C=O) groups is 1. The molecule has 0 aliphatic carbocycles. The van der Waals surface area contributed by atoms with Crippen molar-refractivity contribution in [1.29, 1.82) is 0 Å². The number of fused-ring (bicyclic) bond motifs is 3. The molecule has 0 aromatic carbocycles. The summed E-state index contributed by atoms with van der Waals surface area (Å²) in [4.78, 5) is 17.5. The summed E-state index contributed by atoms with van der Waals surface area (Å²) in [6, 6.07) is 0.495. The maximum absolute atomic E-state index is 13.8. The van der Waals surface area contributed by atoms with Crippen molar-refractivity contribution >= 4 is 5.91 Å². The normalized spacial score (nSPS) is 23.3. The summed E-state index contributed by atoms with van der Waals surface area (Å²) < 4.78 is 34.2. The summed E-state index contributed by atoms with van der Waals surface area (Å²) in [5.41, 5.74) is 0.465. The van der Waals surface area contributed by atoms with Gasteiger partial charge >= 0.3 is 0 Å². The molecule has 2 aromatic heterocycles. The van der Waals surface area contributed by atoms with Gasteiger partial charge in [0.05, 0.1) is 36.8 Å². The lowest BCUT2D eigenvalue weighted by Gasteiger charge is -2.40. The van der Waals surface area contributed by atoms with Crippen LogP contribution in [0.25, 0.3) is 0 Å². The minimum atomic E-state index is -0.960. The number of likely N-dealkylation sites (tertiary alicyclic amines) is 1. The number of rotatable bonds is 1. The number of ether oxygens (including phenoxy) is 1. The average molecular weight is 321 g/mol. The van der Waals surface area contributed by atoms with Crippen molar-refractivity contribution in [2.75, 3.05) is 13.1 Å². The van der Waals surface area contributed by atoms with Crippen LogP contribution < -0.4 is 0 Å². The number of amides is 1. The number of piperidine rings is 1. The highest BCUT2D eigenvalue weighted by Crippen LogP contribution is 2.30. The summed E-state index contributed by atoms with van der Waals surface area (Å²) in [5.74, 6) is -2.34. The fourth-order valence-corrected chi connectivity index (χ4v) is 3.09. The molecule has 0 bridgehead atoms. The van der Waals surface area contributed by atoms with Crippen molar-refractivity contribution in [2.24, 2.45) is 0 Å². The molecule has 9 heteroatoms. The van der Waals surface area contributed by atoms with Crippen LogP contribution in [0.15, 0.2) is 18.5 Å². The molecule has 2 aliphatic heterocycles.